The number of hydrogen-bond donors (Lipinski definition) is 1. The second-order valence-electron chi connectivity index (χ2n) is 11.1. The largest absolute Gasteiger partial charge is 0.493 e. The molecule has 1 aliphatic carbocycles. The average molecular weight is 677 g/mol. The smallest absolute Gasteiger partial charge is 0.244 e. The molecule has 0 bridgehead atoms. The molecule has 1 aliphatic rings. The molecule has 1 saturated carbocycles. The van der Waals surface area contributed by atoms with Gasteiger partial charge in [0.05, 0.1) is 26.2 Å². The van der Waals surface area contributed by atoms with E-state index in [0.717, 1.165) is 48.2 Å². The first-order valence-corrected chi connectivity index (χ1v) is 17.4. The second kappa shape index (κ2) is 15.7. The first-order chi connectivity index (χ1) is 21.5. The molecule has 0 unspecified atom stereocenters. The summed E-state index contributed by atoms with van der Waals surface area (Å²) in [6.45, 7) is -0.700. The lowest BCUT2D eigenvalue weighted by Crippen LogP contribution is -2.55. The lowest BCUT2D eigenvalue weighted by molar-refractivity contribution is -0.140. The van der Waals surface area contributed by atoms with Crippen LogP contribution in [-0.4, -0.2) is 64.2 Å². The fourth-order valence-corrected chi connectivity index (χ4v) is 6.90. The van der Waals surface area contributed by atoms with Crippen molar-refractivity contribution in [1.82, 2.24) is 10.2 Å². The van der Waals surface area contributed by atoms with Crippen molar-refractivity contribution in [1.29, 1.82) is 0 Å². The van der Waals surface area contributed by atoms with E-state index in [1.165, 1.54) is 31.3 Å². The van der Waals surface area contributed by atoms with Crippen molar-refractivity contribution in [2.24, 2.45) is 0 Å². The monoisotopic (exact) mass is 675 g/mol. The molecule has 0 aromatic heterocycles. The predicted octanol–water partition coefficient (Wildman–Crippen LogP) is 5.87. The van der Waals surface area contributed by atoms with Crippen molar-refractivity contribution in [3.05, 3.63) is 87.9 Å². The van der Waals surface area contributed by atoms with Crippen LogP contribution in [0.3, 0.4) is 0 Å². The number of methoxy groups -OCH3 is 2. The number of rotatable bonds is 13. The van der Waals surface area contributed by atoms with E-state index in [9.17, 15) is 18.0 Å². The zero-order chi connectivity index (χ0) is 32.6. The molecular formula is C33H39Cl2N3O6S. The Labute approximate surface area is 275 Å². The Morgan fingerprint density at radius 2 is 1.56 bits per heavy atom. The number of carbonyl (C=O) groups is 2. The molecule has 12 heteroatoms. The van der Waals surface area contributed by atoms with Gasteiger partial charge < -0.3 is 19.7 Å². The third-order valence-corrected chi connectivity index (χ3v) is 9.80. The molecule has 45 heavy (non-hydrogen) atoms. The molecule has 0 radical (unpaired) electrons. The van der Waals surface area contributed by atoms with Crippen molar-refractivity contribution in [2.45, 2.75) is 57.2 Å². The quantitative estimate of drug-likeness (QED) is 0.243. The van der Waals surface area contributed by atoms with Gasteiger partial charge >= 0.3 is 0 Å². The van der Waals surface area contributed by atoms with Gasteiger partial charge in [0.2, 0.25) is 21.8 Å². The van der Waals surface area contributed by atoms with Gasteiger partial charge in [-0.2, -0.15) is 0 Å². The summed E-state index contributed by atoms with van der Waals surface area (Å²) in [6, 6.07) is 18.0. The number of nitrogens with one attached hydrogen (secondary N) is 1. The Morgan fingerprint density at radius 1 is 0.911 bits per heavy atom. The first-order valence-electron chi connectivity index (χ1n) is 14.8. The summed E-state index contributed by atoms with van der Waals surface area (Å²) in [7, 11) is -1.06. The van der Waals surface area contributed by atoms with E-state index in [0.29, 0.717) is 27.1 Å². The fourth-order valence-electron chi connectivity index (χ4n) is 5.55. The molecule has 3 aromatic rings. The number of nitrogens with zero attached hydrogens (tertiary/aromatic N) is 2. The highest BCUT2D eigenvalue weighted by Crippen LogP contribution is 2.33. The lowest BCUT2D eigenvalue weighted by Gasteiger charge is -2.35. The van der Waals surface area contributed by atoms with Crippen LogP contribution in [0, 0.1) is 0 Å². The highest BCUT2D eigenvalue weighted by molar-refractivity contribution is 7.92. The number of hydrogen-bond acceptors (Lipinski definition) is 6. The van der Waals surface area contributed by atoms with E-state index in [-0.39, 0.29) is 30.6 Å². The van der Waals surface area contributed by atoms with Gasteiger partial charge in [0.1, 0.15) is 12.6 Å². The highest BCUT2D eigenvalue weighted by Gasteiger charge is 2.35. The van der Waals surface area contributed by atoms with Crippen LogP contribution < -0.4 is 19.1 Å². The zero-order valence-corrected chi connectivity index (χ0v) is 28.0. The van der Waals surface area contributed by atoms with Crippen molar-refractivity contribution in [3.8, 4) is 11.5 Å². The summed E-state index contributed by atoms with van der Waals surface area (Å²) in [5.74, 6) is -0.229. The Balaban J connectivity index is 1.77. The molecular weight excluding hydrogens is 637 g/mol. The van der Waals surface area contributed by atoms with Crippen molar-refractivity contribution < 1.29 is 27.5 Å². The normalized spacial score (nSPS) is 14.3. The van der Waals surface area contributed by atoms with Crippen LogP contribution in [0.5, 0.6) is 11.5 Å². The summed E-state index contributed by atoms with van der Waals surface area (Å²) in [6.07, 6.45) is 6.07. The Hall–Kier alpha value is -3.47. The van der Waals surface area contributed by atoms with Crippen molar-refractivity contribution in [3.63, 3.8) is 0 Å². The summed E-state index contributed by atoms with van der Waals surface area (Å²) in [5.41, 5.74) is 1.49. The molecule has 0 aliphatic heterocycles. The van der Waals surface area contributed by atoms with Crippen LogP contribution in [0.25, 0.3) is 0 Å². The number of anilines is 1. The Kier molecular flexibility index (Phi) is 12.0. The fraction of sp³-hybridized carbons (Fsp3) is 0.394. The summed E-state index contributed by atoms with van der Waals surface area (Å²) in [4.78, 5) is 29.9. The van der Waals surface area contributed by atoms with Crippen LogP contribution >= 0.6 is 23.2 Å². The number of carbonyl (C=O) groups excluding carboxylic acids is 2. The number of benzene rings is 3. The van der Waals surface area contributed by atoms with Gasteiger partial charge in [0.25, 0.3) is 0 Å². The summed E-state index contributed by atoms with van der Waals surface area (Å²) >= 11 is 13.1. The number of sulfonamides is 1. The van der Waals surface area contributed by atoms with Crippen LogP contribution in [0.15, 0.2) is 66.7 Å². The molecule has 1 N–H and O–H groups in total. The Bertz CT molecular complexity index is 1560. The number of amides is 2. The SMILES string of the molecule is COc1ccc(N(CC(=O)N(Cc2c(Cl)cccc2Cl)[C@@H](Cc2ccccc2)C(=O)NC2CCCCC2)S(C)(=O)=O)cc1OC. The van der Waals surface area contributed by atoms with Crippen molar-refractivity contribution in [2.75, 3.05) is 31.3 Å². The van der Waals surface area contributed by atoms with Crippen molar-refractivity contribution >= 4 is 50.7 Å². The minimum absolute atomic E-state index is 0.00958. The number of ether oxygens (including phenoxy) is 2. The average Bonchev–Trinajstić information content (AvgIpc) is 3.02. The van der Waals surface area contributed by atoms with E-state index in [1.54, 1.807) is 24.3 Å². The third kappa shape index (κ3) is 9.05. The molecule has 9 nitrogen and oxygen atoms in total. The van der Waals surface area contributed by atoms with E-state index >= 15 is 0 Å². The topological polar surface area (TPSA) is 105 Å². The lowest BCUT2D eigenvalue weighted by atomic mass is 9.94. The highest BCUT2D eigenvalue weighted by atomic mass is 35.5. The molecule has 1 atom stereocenters. The minimum Gasteiger partial charge on any atom is -0.493 e. The maximum atomic E-state index is 14.4. The van der Waals surface area contributed by atoms with Gasteiger partial charge in [0, 0.05) is 40.7 Å². The molecule has 3 aromatic carbocycles. The molecule has 4 rings (SSSR count). The molecule has 0 spiro atoms. The van der Waals surface area contributed by atoms with E-state index in [2.05, 4.69) is 5.32 Å². The third-order valence-electron chi connectivity index (χ3n) is 7.95. The van der Waals surface area contributed by atoms with Crippen LogP contribution in [0.1, 0.15) is 43.2 Å². The predicted molar refractivity (Wildman–Crippen MR) is 178 cm³/mol. The first kappa shape index (κ1) is 34.4. The zero-order valence-electron chi connectivity index (χ0n) is 25.7. The van der Waals surface area contributed by atoms with Gasteiger partial charge in [-0.15, -0.1) is 0 Å². The van der Waals surface area contributed by atoms with Crippen LogP contribution in [-0.2, 0) is 32.6 Å². The van der Waals surface area contributed by atoms with Gasteiger partial charge in [-0.05, 0) is 42.7 Å². The van der Waals surface area contributed by atoms with E-state index in [4.69, 9.17) is 32.7 Å². The molecule has 2 amide bonds. The second-order valence-corrected chi connectivity index (χ2v) is 13.8. The van der Waals surface area contributed by atoms with Gasteiger partial charge in [-0.25, -0.2) is 8.42 Å². The standard InChI is InChI=1S/C33H39Cl2N3O6S/c1-43-30-18-17-25(20-31(30)44-2)38(45(3,41)42)22-32(39)37(21-26-27(34)15-10-16-28(26)35)29(19-23-11-6-4-7-12-23)33(40)36-24-13-8-5-9-14-24/h4,6-7,10-12,15-18,20,24,29H,5,8-9,13-14,19,21-22H2,1-3H3,(H,36,40)/t29-/m0/s1. The van der Waals surface area contributed by atoms with Gasteiger partial charge in [0.15, 0.2) is 11.5 Å². The van der Waals surface area contributed by atoms with E-state index < -0.39 is 28.5 Å². The minimum atomic E-state index is -3.97. The molecule has 1 fully saturated rings. The molecule has 0 saturated heterocycles. The Morgan fingerprint density at radius 3 is 2.16 bits per heavy atom. The molecule has 242 valence electrons. The van der Waals surface area contributed by atoms with Gasteiger partial charge in [-0.3, -0.25) is 13.9 Å². The van der Waals surface area contributed by atoms with Crippen LogP contribution in [0.4, 0.5) is 5.69 Å². The maximum Gasteiger partial charge on any atom is 0.244 e. The van der Waals surface area contributed by atoms with Crippen LogP contribution in [0.2, 0.25) is 10.0 Å². The summed E-state index contributed by atoms with van der Waals surface area (Å²) < 4.78 is 37.9. The maximum absolute atomic E-state index is 14.4. The number of halogens is 2. The summed E-state index contributed by atoms with van der Waals surface area (Å²) in [5, 5.41) is 3.82. The molecule has 0 heterocycles. The van der Waals surface area contributed by atoms with Gasteiger partial charge in [-0.1, -0.05) is 78.9 Å². The van der Waals surface area contributed by atoms with E-state index in [1.807, 2.05) is 30.3 Å².